The van der Waals surface area contributed by atoms with E-state index in [1.54, 1.807) is 6.92 Å². The van der Waals surface area contributed by atoms with Crippen molar-refractivity contribution in [3.05, 3.63) is 92.3 Å². The van der Waals surface area contributed by atoms with Gasteiger partial charge in [0.15, 0.2) is 0 Å². The number of carbonyl (C=O) groups excluding carboxylic acids is 2. The van der Waals surface area contributed by atoms with Crippen molar-refractivity contribution in [2.24, 2.45) is 0 Å². The average Bonchev–Trinajstić information content (AvgIpc) is 3.21. The number of H-pyrrole nitrogens is 1. The van der Waals surface area contributed by atoms with Gasteiger partial charge in [0.05, 0.1) is 0 Å². The largest absolute Gasteiger partial charge is 0.480 e. The number of carboxylic acid groups (broad SMARTS) is 1. The molecule has 0 fully saturated rings. The van der Waals surface area contributed by atoms with E-state index in [1.165, 1.54) is 13.1 Å². The molecule has 1 aliphatic carbocycles. The highest BCUT2D eigenvalue weighted by atomic mass is 16.5. The lowest BCUT2D eigenvalue weighted by atomic mass is 9.98. The summed E-state index contributed by atoms with van der Waals surface area (Å²) in [6.07, 6.45) is 0.534. The van der Waals surface area contributed by atoms with Crippen molar-refractivity contribution >= 4 is 18.0 Å². The molecule has 0 spiro atoms. The molecule has 1 aromatic heterocycles. The average molecular weight is 521 g/mol. The van der Waals surface area contributed by atoms with Gasteiger partial charge in [0, 0.05) is 30.3 Å². The van der Waals surface area contributed by atoms with E-state index < -0.39 is 48.4 Å². The first kappa shape index (κ1) is 26.4. The first-order valence-corrected chi connectivity index (χ1v) is 12.1. The number of hydrogen-bond donors (Lipinski definition) is 3. The summed E-state index contributed by atoms with van der Waals surface area (Å²) in [6, 6.07) is 15.2. The number of aryl methyl sites for hydroxylation is 1. The molecule has 198 valence electrons. The number of nitrogens with zero attached hydrogens (tertiary/aromatic N) is 2. The summed E-state index contributed by atoms with van der Waals surface area (Å²) in [5, 5.41) is 11.9. The number of aromatic amines is 1. The molecule has 1 heterocycles. The van der Waals surface area contributed by atoms with Gasteiger partial charge in [-0.25, -0.2) is 9.59 Å². The Kier molecular flexibility index (Phi) is 7.75. The Morgan fingerprint density at radius 2 is 1.68 bits per heavy atom. The molecule has 3 aromatic rings. The van der Waals surface area contributed by atoms with E-state index in [0.717, 1.165) is 31.7 Å². The molecular formula is C27H28N4O7. The molecular weight excluding hydrogens is 492 g/mol. The molecule has 1 aliphatic rings. The zero-order chi connectivity index (χ0) is 27.4. The molecule has 3 N–H and O–H groups in total. The van der Waals surface area contributed by atoms with Crippen LogP contribution < -0.4 is 16.6 Å². The molecule has 0 saturated carbocycles. The van der Waals surface area contributed by atoms with E-state index in [-0.39, 0.29) is 24.6 Å². The van der Waals surface area contributed by atoms with Crippen LogP contribution in [0.25, 0.3) is 11.1 Å². The number of hydrogen-bond acceptors (Lipinski definition) is 6. The van der Waals surface area contributed by atoms with Gasteiger partial charge in [0.1, 0.15) is 19.7 Å². The predicted molar refractivity (Wildman–Crippen MR) is 138 cm³/mol. The summed E-state index contributed by atoms with van der Waals surface area (Å²) in [5.41, 5.74) is 3.22. The third kappa shape index (κ3) is 5.66. The van der Waals surface area contributed by atoms with E-state index >= 15 is 0 Å². The van der Waals surface area contributed by atoms with Crippen molar-refractivity contribution in [1.29, 1.82) is 0 Å². The van der Waals surface area contributed by atoms with Crippen LogP contribution in [0, 0.1) is 6.92 Å². The van der Waals surface area contributed by atoms with Crippen LogP contribution in [0.15, 0.2) is 64.3 Å². The van der Waals surface area contributed by atoms with Crippen molar-refractivity contribution in [2.75, 3.05) is 19.7 Å². The monoisotopic (exact) mass is 520 g/mol. The van der Waals surface area contributed by atoms with Gasteiger partial charge < -0.3 is 20.1 Å². The Morgan fingerprint density at radius 3 is 2.29 bits per heavy atom. The van der Waals surface area contributed by atoms with Gasteiger partial charge >= 0.3 is 17.8 Å². The fraction of sp³-hybridized carbons (Fsp3) is 0.296. The highest BCUT2D eigenvalue weighted by molar-refractivity contribution is 5.82. The van der Waals surface area contributed by atoms with Crippen LogP contribution in [-0.2, 0) is 20.9 Å². The van der Waals surface area contributed by atoms with Gasteiger partial charge in [0.25, 0.3) is 5.56 Å². The summed E-state index contributed by atoms with van der Waals surface area (Å²) in [7, 11) is 0. The normalized spacial score (nSPS) is 12.8. The number of ether oxygens (including phenoxy) is 1. The topological polar surface area (TPSA) is 151 Å². The Balaban J connectivity index is 1.37. The van der Waals surface area contributed by atoms with Crippen LogP contribution in [0.3, 0.4) is 0 Å². The second-order valence-corrected chi connectivity index (χ2v) is 9.17. The lowest BCUT2D eigenvalue weighted by Crippen LogP contribution is -2.49. The lowest BCUT2D eigenvalue weighted by Gasteiger charge is -2.28. The number of fused-ring (bicyclic) bond motifs is 3. The van der Waals surface area contributed by atoms with Gasteiger partial charge in [-0.1, -0.05) is 48.5 Å². The second kappa shape index (κ2) is 11.2. The van der Waals surface area contributed by atoms with Crippen LogP contribution in [-0.4, -0.2) is 63.3 Å². The molecule has 1 atom stereocenters. The van der Waals surface area contributed by atoms with Crippen molar-refractivity contribution in [2.45, 2.75) is 32.4 Å². The van der Waals surface area contributed by atoms with Crippen LogP contribution in [0.1, 0.15) is 29.5 Å². The first-order chi connectivity index (χ1) is 18.2. The van der Waals surface area contributed by atoms with Gasteiger partial charge in [-0.2, -0.15) is 0 Å². The fourth-order valence-corrected chi connectivity index (χ4v) is 4.60. The van der Waals surface area contributed by atoms with E-state index in [4.69, 9.17) is 4.74 Å². The van der Waals surface area contributed by atoms with Crippen LogP contribution in [0.4, 0.5) is 4.79 Å². The van der Waals surface area contributed by atoms with E-state index in [2.05, 4.69) is 10.3 Å². The van der Waals surface area contributed by atoms with Crippen molar-refractivity contribution in [3.63, 3.8) is 0 Å². The number of nitrogens with one attached hydrogen (secondary N) is 2. The molecule has 0 aliphatic heterocycles. The predicted octanol–water partition coefficient (Wildman–Crippen LogP) is 1.69. The zero-order valence-electron chi connectivity index (χ0n) is 21.0. The zero-order valence-corrected chi connectivity index (χ0v) is 21.0. The SMILES string of the molecule is Cc1cn(CC(=O)N(CC(=O)O)[C@H](C)CNC(=O)OCC2c3ccccc3-c3ccccc32)c(=O)[nH]c1=O. The Hall–Kier alpha value is -4.67. The minimum absolute atomic E-state index is 0.0742. The molecule has 11 nitrogen and oxygen atoms in total. The molecule has 2 aromatic carbocycles. The van der Waals surface area contributed by atoms with E-state index in [9.17, 15) is 29.1 Å². The molecule has 0 bridgehead atoms. The van der Waals surface area contributed by atoms with Gasteiger partial charge in [-0.15, -0.1) is 0 Å². The van der Waals surface area contributed by atoms with Crippen LogP contribution in [0.5, 0.6) is 0 Å². The third-order valence-electron chi connectivity index (χ3n) is 6.54. The number of carbonyl (C=O) groups is 3. The first-order valence-electron chi connectivity index (χ1n) is 12.1. The minimum atomic E-state index is -1.25. The quantitative estimate of drug-likeness (QED) is 0.388. The second-order valence-electron chi connectivity index (χ2n) is 9.17. The van der Waals surface area contributed by atoms with Gasteiger partial charge in [0.2, 0.25) is 5.91 Å². The lowest BCUT2D eigenvalue weighted by molar-refractivity contribution is -0.146. The molecule has 38 heavy (non-hydrogen) atoms. The van der Waals surface area contributed by atoms with E-state index in [1.807, 2.05) is 48.5 Å². The number of aliphatic carboxylic acids is 1. The smallest absolute Gasteiger partial charge is 0.407 e. The molecule has 0 saturated heterocycles. The number of benzene rings is 2. The highest BCUT2D eigenvalue weighted by Gasteiger charge is 2.29. The molecule has 2 amide bonds. The van der Waals surface area contributed by atoms with Crippen molar-refractivity contribution < 1.29 is 24.2 Å². The Bertz CT molecular complexity index is 1450. The summed E-state index contributed by atoms with van der Waals surface area (Å²) >= 11 is 0. The summed E-state index contributed by atoms with van der Waals surface area (Å²) in [5.74, 6) is -2.03. The van der Waals surface area contributed by atoms with E-state index in [0.29, 0.717) is 0 Å². The standard InChI is InChI=1S/C27H28N4O7/c1-16-12-30(26(36)29-25(16)35)13-23(32)31(14-24(33)34)17(2)11-28-27(37)38-15-22-20-9-5-3-7-18(20)19-8-4-6-10-21(19)22/h3-10,12,17,22H,11,13-15H2,1-2H3,(H,28,37)(H,33,34)(H,29,35,36)/t17-/m1/s1. The van der Waals surface area contributed by atoms with Crippen molar-refractivity contribution in [3.8, 4) is 11.1 Å². The number of alkyl carbamates (subject to hydrolysis) is 1. The van der Waals surface area contributed by atoms with Crippen LogP contribution in [0.2, 0.25) is 0 Å². The highest BCUT2D eigenvalue weighted by Crippen LogP contribution is 2.44. The molecule has 0 radical (unpaired) electrons. The Morgan fingerprint density at radius 1 is 1.08 bits per heavy atom. The summed E-state index contributed by atoms with van der Waals surface area (Å²) in [6.45, 7) is 1.98. The minimum Gasteiger partial charge on any atom is -0.480 e. The molecule has 0 unspecified atom stereocenters. The summed E-state index contributed by atoms with van der Waals surface area (Å²) in [4.78, 5) is 63.6. The number of amides is 2. The third-order valence-corrected chi connectivity index (χ3v) is 6.54. The maximum Gasteiger partial charge on any atom is 0.407 e. The van der Waals surface area contributed by atoms with Crippen molar-refractivity contribution in [1.82, 2.24) is 19.8 Å². The van der Waals surface area contributed by atoms with Gasteiger partial charge in [-0.05, 0) is 36.1 Å². The molecule has 11 heteroatoms. The number of aromatic nitrogens is 2. The number of rotatable bonds is 9. The molecule has 4 rings (SSSR count). The summed E-state index contributed by atoms with van der Waals surface area (Å²) < 4.78 is 6.50. The maximum atomic E-state index is 12.9. The maximum absolute atomic E-state index is 12.9. The van der Waals surface area contributed by atoms with Crippen LogP contribution >= 0.6 is 0 Å². The number of carboxylic acids is 1. The Labute approximate surface area is 217 Å². The van der Waals surface area contributed by atoms with Gasteiger partial charge in [-0.3, -0.25) is 23.9 Å². The fourth-order valence-electron chi connectivity index (χ4n) is 4.60.